The number of fused-ring (bicyclic) bond motifs is 1. The van der Waals surface area contributed by atoms with Crippen LogP contribution in [-0.4, -0.2) is 17.3 Å². The van der Waals surface area contributed by atoms with Crippen molar-refractivity contribution < 1.29 is 4.79 Å². The van der Waals surface area contributed by atoms with E-state index >= 15 is 0 Å². The standard InChI is InChI=1S/C20H19N3O/c1-13-4-3-5-18-20(13)17(12-23-18)8-9-22-19-10-15(14(2)24)6-7-16(19)11-21/h3-7,10,12,22-23H,8-9H2,1-2H3. The van der Waals surface area contributed by atoms with E-state index in [-0.39, 0.29) is 5.78 Å². The van der Waals surface area contributed by atoms with Crippen molar-refractivity contribution in [3.63, 3.8) is 0 Å². The number of carbonyl (C=O) groups is 1. The van der Waals surface area contributed by atoms with Gasteiger partial charge in [0.2, 0.25) is 0 Å². The van der Waals surface area contributed by atoms with Crippen LogP contribution < -0.4 is 5.32 Å². The first kappa shape index (κ1) is 15.8. The quantitative estimate of drug-likeness (QED) is 0.693. The summed E-state index contributed by atoms with van der Waals surface area (Å²) >= 11 is 0. The summed E-state index contributed by atoms with van der Waals surface area (Å²) in [4.78, 5) is 14.8. The third-order valence-corrected chi connectivity index (χ3v) is 4.25. The van der Waals surface area contributed by atoms with E-state index in [1.165, 1.54) is 23.4 Å². The van der Waals surface area contributed by atoms with E-state index in [0.29, 0.717) is 23.4 Å². The summed E-state index contributed by atoms with van der Waals surface area (Å²) in [7, 11) is 0. The fraction of sp³-hybridized carbons (Fsp3) is 0.200. The van der Waals surface area contributed by atoms with Crippen molar-refractivity contribution in [1.82, 2.24) is 4.98 Å². The molecule has 4 nitrogen and oxygen atoms in total. The molecular formula is C20H19N3O. The fourth-order valence-electron chi connectivity index (χ4n) is 2.99. The first-order chi connectivity index (χ1) is 11.6. The van der Waals surface area contributed by atoms with Gasteiger partial charge in [-0.25, -0.2) is 0 Å². The zero-order chi connectivity index (χ0) is 17.1. The Hall–Kier alpha value is -3.06. The molecule has 1 aromatic heterocycles. The fourth-order valence-corrected chi connectivity index (χ4v) is 2.99. The number of carbonyl (C=O) groups excluding carboxylic acids is 1. The van der Waals surface area contributed by atoms with Crippen LogP contribution in [0.3, 0.4) is 0 Å². The molecule has 3 rings (SSSR count). The minimum absolute atomic E-state index is 0.00482. The van der Waals surface area contributed by atoms with Gasteiger partial charge >= 0.3 is 0 Å². The molecule has 0 aliphatic rings. The molecule has 2 N–H and O–H groups in total. The maximum atomic E-state index is 11.5. The smallest absolute Gasteiger partial charge is 0.159 e. The van der Waals surface area contributed by atoms with Gasteiger partial charge in [0.1, 0.15) is 6.07 Å². The van der Waals surface area contributed by atoms with Crippen LogP contribution in [0, 0.1) is 18.3 Å². The molecule has 0 unspecified atom stereocenters. The lowest BCUT2D eigenvalue weighted by Crippen LogP contribution is -2.07. The van der Waals surface area contributed by atoms with Gasteiger partial charge in [-0.2, -0.15) is 5.26 Å². The molecule has 0 atom stereocenters. The number of hydrogen-bond donors (Lipinski definition) is 2. The van der Waals surface area contributed by atoms with Gasteiger partial charge in [0, 0.05) is 29.2 Å². The number of Topliss-reactive ketones (excluding diaryl/α,β-unsaturated/α-hetero) is 1. The largest absolute Gasteiger partial charge is 0.384 e. The Labute approximate surface area is 141 Å². The zero-order valence-corrected chi connectivity index (χ0v) is 13.8. The summed E-state index contributed by atoms with van der Waals surface area (Å²) in [5.41, 5.74) is 5.51. The van der Waals surface area contributed by atoms with Crippen LogP contribution in [0.2, 0.25) is 0 Å². The van der Waals surface area contributed by atoms with Gasteiger partial charge in [-0.05, 0) is 55.7 Å². The summed E-state index contributed by atoms with van der Waals surface area (Å²) in [6, 6.07) is 13.5. The molecule has 120 valence electrons. The van der Waals surface area contributed by atoms with Crippen LogP contribution in [0.4, 0.5) is 5.69 Å². The van der Waals surface area contributed by atoms with Crippen LogP contribution in [0.15, 0.2) is 42.6 Å². The average molecular weight is 317 g/mol. The van der Waals surface area contributed by atoms with E-state index in [2.05, 4.69) is 35.4 Å². The predicted molar refractivity (Wildman–Crippen MR) is 96.4 cm³/mol. The molecule has 1 heterocycles. The highest BCUT2D eigenvalue weighted by Crippen LogP contribution is 2.23. The number of nitrogens with zero attached hydrogens (tertiary/aromatic N) is 1. The third-order valence-electron chi connectivity index (χ3n) is 4.25. The zero-order valence-electron chi connectivity index (χ0n) is 13.8. The molecule has 2 aromatic carbocycles. The summed E-state index contributed by atoms with van der Waals surface area (Å²) in [6.07, 6.45) is 2.87. The average Bonchev–Trinajstić information content (AvgIpc) is 2.99. The first-order valence-electron chi connectivity index (χ1n) is 7.94. The number of H-pyrrole nitrogens is 1. The topological polar surface area (TPSA) is 68.7 Å². The number of nitriles is 1. The summed E-state index contributed by atoms with van der Waals surface area (Å²) < 4.78 is 0. The number of rotatable bonds is 5. The van der Waals surface area contributed by atoms with E-state index in [9.17, 15) is 10.1 Å². The lowest BCUT2D eigenvalue weighted by molar-refractivity contribution is 0.101. The van der Waals surface area contributed by atoms with Crippen molar-refractivity contribution in [2.45, 2.75) is 20.3 Å². The lowest BCUT2D eigenvalue weighted by Gasteiger charge is -2.09. The molecule has 0 amide bonds. The minimum atomic E-state index is -0.00482. The maximum Gasteiger partial charge on any atom is 0.159 e. The SMILES string of the molecule is CC(=O)c1ccc(C#N)c(NCCc2c[nH]c3cccc(C)c23)c1. The van der Waals surface area contributed by atoms with Crippen LogP contribution in [-0.2, 0) is 6.42 Å². The Balaban J connectivity index is 1.78. The normalized spacial score (nSPS) is 10.5. The Morgan fingerprint density at radius 3 is 2.88 bits per heavy atom. The highest BCUT2D eigenvalue weighted by Gasteiger charge is 2.08. The lowest BCUT2D eigenvalue weighted by atomic mass is 10.0. The second-order valence-corrected chi connectivity index (χ2v) is 5.92. The van der Waals surface area contributed by atoms with E-state index in [0.717, 1.165) is 11.9 Å². The molecule has 4 heteroatoms. The number of aromatic amines is 1. The number of ketones is 1. The van der Waals surface area contributed by atoms with Gasteiger partial charge in [-0.15, -0.1) is 0 Å². The molecule has 0 radical (unpaired) electrons. The molecule has 0 saturated carbocycles. The molecule has 0 fully saturated rings. The van der Waals surface area contributed by atoms with Crippen molar-refractivity contribution in [3.05, 3.63) is 64.8 Å². The van der Waals surface area contributed by atoms with E-state index in [1.807, 2.05) is 12.3 Å². The van der Waals surface area contributed by atoms with Crippen LogP contribution in [0.25, 0.3) is 10.9 Å². The van der Waals surface area contributed by atoms with Gasteiger partial charge in [0.25, 0.3) is 0 Å². The third kappa shape index (κ3) is 3.02. The second-order valence-electron chi connectivity index (χ2n) is 5.92. The molecule has 0 saturated heterocycles. The number of anilines is 1. The number of nitrogens with one attached hydrogen (secondary N) is 2. The van der Waals surface area contributed by atoms with Gasteiger partial charge in [-0.1, -0.05) is 12.1 Å². The Bertz CT molecular complexity index is 947. The predicted octanol–water partition coefficient (Wildman–Crippen LogP) is 4.21. The summed E-state index contributed by atoms with van der Waals surface area (Å²) in [5, 5.41) is 13.8. The van der Waals surface area contributed by atoms with Crippen LogP contribution in [0.1, 0.15) is 34.0 Å². The number of aromatic nitrogens is 1. The number of aryl methyl sites for hydroxylation is 1. The Kier molecular flexibility index (Phi) is 4.35. The summed E-state index contributed by atoms with van der Waals surface area (Å²) in [6.45, 7) is 4.33. The van der Waals surface area contributed by atoms with Crippen molar-refractivity contribution in [3.8, 4) is 6.07 Å². The van der Waals surface area contributed by atoms with Gasteiger partial charge in [0.05, 0.1) is 11.3 Å². The number of benzene rings is 2. The number of hydrogen-bond acceptors (Lipinski definition) is 3. The monoisotopic (exact) mass is 317 g/mol. The highest BCUT2D eigenvalue weighted by atomic mass is 16.1. The van der Waals surface area contributed by atoms with E-state index in [1.54, 1.807) is 18.2 Å². The molecular weight excluding hydrogens is 298 g/mol. The van der Waals surface area contributed by atoms with Crippen molar-refractivity contribution in [2.24, 2.45) is 0 Å². The van der Waals surface area contributed by atoms with Gasteiger partial charge < -0.3 is 10.3 Å². The van der Waals surface area contributed by atoms with Gasteiger partial charge in [-0.3, -0.25) is 4.79 Å². The van der Waals surface area contributed by atoms with Crippen molar-refractivity contribution >= 4 is 22.4 Å². The minimum Gasteiger partial charge on any atom is -0.384 e. The van der Waals surface area contributed by atoms with Gasteiger partial charge in [0.15, 0.2) is 5.78 Å². The maximum absolute atomic E-state index is 11.5. The molecule has 0 aliphatic carbocycles. The van der Waals surface area contributed by atoms with E-state index < -0.39 is 0 Å². The molecule has 0 bridgehead atoms. The Morgan fingerprint density at radius 2 is 2.12 bits per heavy atom. The highest BCUT2D eigenvalue weighted by molar-refractivity contribution is 5.95. The molecule has 0 aliphatic heterocycles. The van der Waals surface area contributed by atoms with Crippen LogP contribution in [0.5, 0.6) is 0 Å². The van der Waals surface area contributed by atoms with Crippen molar-refractivity contribution in [2.75, 3.05) is 11.9 Å². The molecule has 3 aromatic rings. The van der Waals surface area contributed by atoms with Crippen molar-refractivity contribution in [1.29, 1.82) is 5.26 Å². The summed E-state index contributed by atoms with van der Waals surface area (Å²) in [5.74, 6) is -0.00482. The van der Waals surface area contributed by atoms with Crippen LogP contribution >= 0.6 is 0 Å². The molecule has 24 heavy (non-hydrogen) atoms. The first-order valence-corrected chi connectivity index (χ1v) is 7.94. The Morgan fingerprint density at radius 1 is 1.29 bits per heavy atom. The molecule has 0 spiro atoms. The van der Waals surface area contributed by atoms with E-state index in [4.69, 9.17) is 0 Å². The second kappa shape index (κ2) is 6.59.